The van der Waals surface area contributed by atoms with Crippen LogP contribution in [0.2, 0.25) is 0 Å². The van der Waals surface area contributed by atoms with Crippen LogP contribution < -0.4 is 4.90 Å². The molecule has 1 unspecified atom stereocenters. The van der Waals surface area contributed by atoms with Gasteiger partial charge in [0.05, 0.1) is 32.9 Å². The van der Waals surface area contributed by atoms with Crippen molar-refractivity contribution in [3.8, 4) is 0 Å². The van der Waals surface area contributed by atoms with Gasteiger partial charge in [-0.05, 0) is 6.07 Å². The summed E-state index contributed by atoms with van der Waals surface area (Å²) in [5, 5.41) is 3.17. The summed E-state index contributed by atoms with van der Waals surface area (Å²) in [5.41, 5.74) is -0.342. The summed E-state index contributed by atoms with van der Waals surface area (Å²) in [4.78, 5) is 17.7. The average molecular weight is 347 g/mol. The van der Waals surface area contributed by atoms with Crippen molar-refractivity contribution in [2.45, 2.75) is 12.1 Å². The van der Waals surface area contributed by atoms with Crippen LogP contribution in [0.1, 0.15) is 5.01 Å². The molecular formula is C16H21N5O2S. The third kappa shape index (κ3) is 3.56. The lowest BCUT2D eigenvalue weighted by molar-refractivity contribution is -0.134. The molecule has 0 saturated carbocycles. The smallest absolute Gasteiger partial charge is 0.225 e. The molecule has 2 saturated heterocycles. The Kier molecular flexibility index (Phi) is 4.70. The summed E-state index contributed by atoms with van der Waals surface area (Å²) in [5.74, 6) is 0.739. The maximum Gasteiger partial charge on any atom is 0.225 e. The van der Waals surface area contributed by atoms with E-state index in [2.05, 4.69) is 24.8 Å². The van der Waals surface area contributed by atoms with Crippen LogP contribution in [0.3, 0.4) is 0 Å². The fraction of sp³-hybridized carbons (Fsp3) is 0.562. The van der Waals surface area contributed by atoms with Crippen LogP contribution in [0.25, 0.3) is 0 Å². The zero-order chi connectivity index (χ0) is 16.2. The van der Waals surface area contributed by atoms with E-state index in [0.29, 0.717) is 19.8 Å². The van der Waals surface area contributed by atoms with Gasteiger partial charge in [0, 0.05) is 43.6 Å². The normalized spacial score (nSPS) is 25.8. The molecule has 1 spiro atoms. The van der Waals surface area contributed by atoms with Gasteiger partial charge in [0.25, 0.3) is 0 Å². The Balaban J connectivity index is 1.49. The van der Waals surface area contributed by atoms with Gasteiger partial charge in [0.15, 0.2) is 0 Å². The van der Waals surface area contributed by atoms with Crippen molar-refractivity contribution < 1.29 is 9.47 Å². The van der Waals surface area contributed by atoms with Crippen molar-refractivity contribution >= 4 is 17.3 Å². The van der Waals surface area contributed by atoms with E-state index < -0.39 is 0 Å². The highest BCUT2D eigenvalue weighted by molar-refractivity contribution is 7.09. The molecule has 0 aliphatic carbocycles. The highest BCUT2D eigenvalue weighted by Gasteiger charge is 2.41. The topological polar surface area (TPSA) is 63.6 Å². The number of nitrogens with zero attached hydrogens (tertiary/aromatic N) is 5. The second-order valence-corrected chi connectivity index (χ2v) is 7.17. The molecule has 24 heavy (non-hydrogen) atoms. The van der Waals surface area contributed by atoms with E-state index in [1.165, 1.54) is 0 Å². The first-order valence-electron chi connectivity index (χ1n) is 8.17. The molecule has 128 valence electrons. The number of thiazole rings is 1. The van der Waals surface area contributed by atoms with Crippen LogP contribution in [0.4, 0.5) is 5.95 Å². The first-order chi connectivity index (χ1) is 11.8. The Hall–Kier alpha value is -1.61. The van der Waals surface area contributed by atoms with Crippen LogP contribution in [0.5, 0.6) is 0 Å². The summed E-state index contributed by atoms with van der Waals surface area (Å²) in [6, 6.07) is 1.83. The Morgan fingerprint density at radius 3 is 2.83 bits per heavy atom. The zero-order valence-corrected chi connectivity index (χ0v) is 14.3. The Morgan fingerprint density at radius 2 is 2.00 bits per heavy atom. The van der Waals surface area contributed by atoms with E-state index in [-0.39, 0.29) is 5.60 Å². The average Bonchev–Trinajstić information content (AvgIpc) is 3.03. The minimum atomic E-state index is -0.342. The van der Waals surface area contributed by atoms with Gasteiger partial charge in [-0.2, -0.15) is 0 Å². The van der Waals surface area contributed by atoms with Crippen LogP contribution in [-0.2, 0) is 16.0 Å². The van der Waals surface area contributed by atoms with E-state index in [9.17, 15) is 0 Å². The van der Waals surface area contributed by atoms with Gasteiger partial charge in [-0.3, -0.25) is 4.90 Å². The maximum atomic E-state index is 6.21. The molecule has 7 nitrogen and oxygen atoms in total. The van der Waals surface area contributed by atoms with Crippen molar-refractivity contribution in [1.82, 2.24) is 19.9 Å². The van der Waals surface area contributed by atoms with E-state index in [1.807, 2.05) is 17.6 Å². The summed E-state index contributed by atoms with van der Waals surface area (Å²) in [6.07, 6.45) is 5.41. The number of aromatic nitrogens is 3. The molecule has 2 fully saturated rings. The van der Waals surface area contributed by atoms with E-state index in [0.717, 1.165) is 43.7 Å². The molecule has 0 radical (unpaired) electrons. The van der Waals surface area contributed by atoms with Crippen molar-refractivity contribution in [3.63, 3.8) is 0 Å². The first-order valence-corrected chi connectivity index (χ1v) is 9.05. The molecule has 4 heterocycles. The second-order valence-electron chi connectivity index (χ2n) is 6.19. The van der Waals surface area contributed by atoms with Crippen LogP contribution >= 0.6 is 11.3 Å². The van der Waals surface area contributed by atoms with Crippen LogP contribution in [0, 0.1) is 0 Å². The molecule has 0 amide bonds. The fourth-order valence-corrected chi connectivity index (χ4v) is 3.95. The number of morpholine rings is 1. The predicted octanol–water partition coefficient (Wildman–Crippen LogP) is 1.04. The lowest BCUT2D eigenvalue weighted by Gasteiger charge is -2.43. The molecule has 4 rings (SSSR count). The third-order valence-corrected chi connectivity index (χ3v) is 5.12. The first kappa shape index (κ1) is 15.9. The van der Waals surface area contributed by atoms with Gasteiger partial charge < -0.3 is 14.4 Å². The molecule has 0 N–H and O–H groups in total. The standard InChI is InChI=1S/C16H21N5O2S/c1-2-18-15(19-3-1)21-6-7-22-13-16(12-21)11-20(5-8-23-16)10-14-17-4-9-24-14/h1-4,9H,5-8,10-13H2. The summed E-state index contributed by atoms with van der Waals surface area (Å²) in [6.45, 7) is 6.11. The SMILES string of the molecule is c1cnc(N2CCOCC3(CN(Cc4nccs4)CCO3)C2)nc1. The molecule has 0 aromatic carbocycles. The zero-order valence-electron chi connectivity index (χ0n) is 13.5. The predicted molar refractivity (Wildman–Crippen MR) is 91.1 cm³/mol. The van der Waals surface area contributed by atoms with Crippen molar-refractivity contribution in [3.05, 3.63) is 35.0 Å². The molecule has 8 heteroatoms. The van der Waals surface area contributed by atoms with Crippen LogP contribution in [-0.4, -0.2) is 71.5 Å². The van der Waals surface area contributed by atoms with Gasteiger partial charge in [0.2, 0.25) is 5.95 Å². The van der Waals surface area contributed by atoms with Gasteiger partial charge in [-0.25, -0.2) is 15.0 Å². The summed E-state index contributed by atoms with van der Waals surface area (Å²) in [7, 11) is 0. The van der Waals surface area contributed by atoms with Crippen molar-refractivity contribution in [1.29, 1.82) is 0 Å². The summed E-state index contributed by atoms with van der Waals surface area (Å²) >= 11 is 1.70. The molecule has 2 aromatic heterocycles. The lowest BCUT2D eigenvalue weighted by Crippen LogP contribution is -2.58. The Bertz CT molecular complexity index is 641. The highest BCUT2D eigenvalue weighted by Crippen LogP contribution is 2.25. The molecule has 0 bridgehead atoms. The number of hydrogen-bond acceptors (Lipinski definition) is 8. The van der Waals surface area contributed by atoms with Gasteiger partial charge >= 0.3 is 0 Å². The monoisotopic (exact) mass is 347 g/mol. The molecule has 2 aliphatic heterocycles. The number of ether oxygens (including phenoxy) is 2. The third-order valence-electron chi connectivity index (χ3n) is 4.35. The molecule has 2 aromatic rings. The molecule has 1 atom stereocenters. The number of hydrogen-bond donors (Lipinski definition) is 0. The van der Waals surface area contributed by atoms with Crippen molar-refractivity contribution in [2.75, 3.05) is 50.9 Å². The quantitative estimate of drug-likeness (QED) is 0.822. The lowest BCUT2D eigenvalue weighted by atomic mass is 10.0. The van der Waals surface area contributed by atoms with E-state index >= 15 is 0 Å². The van der Waals surface area contributed by atoms with Crippen molar-refractivity contribution in [2.24, 2.45) is 0 Å². The van der Waals surface area contributed by atoms with Crippen LogP contribution in [0.15, 0.2) is 30.0 Å². The molecular weight excluding hydrogens is 326 g/mol. The fourth-order valence-electron chi connectivity index (χ4n) is 3.29. The van der Waals surface area contributed by atoms with Gasteiger partial charge in [-0.1, -0.05) is 0 Å². The second kappa shape index (κ2) is 7.10. The van der Waals surface area contributed by atoms with Gasteiger partial charge in [0.1, 0.15) is 10.6 Å². The maximum absolute atomic E-state index is 6.21. The van der Waals surface area contributed by atoms with E-state index in [1.54, 1.807) is 23.7 Å². The van der Waals surface area contributed by atoms with Gasteiger partial charge in [-0.15, -0.1) is 11.3 Å². The largest absolute Gasteiger partial charge is 0.376 e. The minimum Gasteiger partial charge on any atom is -0.376 e. The number of rotatable bonds is 3. The minimum absolute atomic E-state index is 0.342. The number of anilines is 1. The highest BCUT2D eigenvalue weighted by atomic mass is 32.1. The molecule has 2 aliphatic rings. The Morgan fingerprint density at radius 1 is 1.08 bits per heavy atom. The van der Waals surface area contributed by atoms with E-state index in [4.69, 9.17) is 9.47 Å². The Labute approximate surface area is 145 Å². The summed E-state index contributed by atoms with van der Waals surface area (Å²) < 4.78 is 12.1.